The van der Waals surface area contributed by atoms with Crippen molar-refractivity contribution in [3.8, 4) is 0 Å². The van der Waals surface area contributed by atoms with E-state index in [0.29, 0.717) is 28.9 Å². The van der Waals surface area contributed by atoms with Crippen molar-refractivity contribution in [1.29, 1.82) is 0 Å². The summed E-state index contributed by atoms with van der Waals surface area (Å²) in [5.41, 5.74) is 1.20. The predicted octanol–water partition coefficient (Wildman–Crippen LogP) is 3.50. The molecule has 140 valence electrons. The standard InChI is InChI=1S/C19H22Cl2N2O3/c1-11(2-3-12-6-7-15(20)16(21)8-12)22-18(25)14-10-23(9-13-4-5-13)19(26)17(14)24/h6-8,11,13,24H,2-5,9-10H2,1H3,(H,22,25). The summed E-state index contributed by atoms with van der Waals surface area (Å²) < 4.78 is 0. The smallest absolute Gasteiger partial charge is 0.289 e. The van der Waals surface area contributed by atoms with Crippen LogP contribution >= 0.6 is 23.2 Å². The SMILES string of the molecule is CC(CCc1ccc(Cl)c(Cl)c1)NC(=O)C1=C(O)C(=O)N(CC2CC2)C1. The molecule has 1 aliphatic carbocycles. The molecule has 1 aromatic rings. The molecule has 3 rings (SSSR count). The Morgan fingerprint density at radius 3 is 2.73 bits per heavy atom. The Kier molecular flexibility index (Phi) is 5.78. The molecule has 5 nitrogen and oxygen atoms in total. The number of benzene rings is 1. The molecule has 26 heavy (non-hydrogen) atoms. The van der Waals surface area contributed by atoms with Crippen LogP contribution in [0.25, 0.3) is 0 Å². The lowest BCUT2D eigenvalue weighted by molar-refractivity contribution is -0.128. The van der Waals surface area contributed by atoms with E-state index in [2.05, 4.69) is 5.32 Å². The van der Waals surface area contributed by atoms with Gasteiger partial charge in [-0.05, 0) is 56.2 Å². The number of aliphatic hydroxyl groups is 1. The minimum Gasteiger partial charge on any atom is -0.503 e. The van der Waals surface area contributed by atoms with Crippen molar-refractivity contribution in [2.45, 2.75) is 38.6 Å². The second-order valence-corrected chi connectivity index (χ2v) is 7.93. The van der Waals surface area contributed by atoms with Crippen LogP contribution in [-0.4, -0.2) is 41.0 Å². The molecule has 7 heteroatoms. The minimum atomic E-state index is -0.439. The van der Waals surface area contributed by atoms with Crippen LogP contribution in [0, 0.1) is 5.92 Å². The molecule has 2 amide bonds. The van der Waals surface area contributed by atoms with Gasteiger partial charge in [-0.15, -0.1) is 0 Å². The fourth-order valence-electron chi connectivity index (χ4n) is 3.02. The van der Waals surface area contributed by atoms with Crippen molar-refractivity contribution >= 4 is 35.0 Å². The van der Waals surface area contributed by atoms with E-state index in [4.69, 9.17) is 23.2 Å². The topological polar surface area (TPSA) is 69.6 Å². The molecular formula is C19H22Cl2N2O3. The zero-order valence-corrected chi connectivity index (χ0v) is 16.1. The van der Waals surface area contributed by atoms with E-state index in [1.807, 2.05) is 19.1 Å². The number of carbonyl (C=O) groups excluding carboxylic acids is 2. The number of aryl methyl sites for hydroxylation is 1. The molecule has 1 heterocycles. The molecule has 0 radical (unpaired) electrons. The number of nitrogens with one attached hydrogen (secondary N) is 1. The molecule has 2 N–H and O–H groups in total. The van der Waals surface area contributed by atoms with Crippen molar-refractivity contribution in [3.05, 3.63) is 45.1 Å². The van der Waals surface area contributed by atoms with E-state index in [1.54, 1.807) is 11.0 Å². The molecule has 0 bridgehead atoms. The first-order valence-corrected chi connectivity index (χ1v) is 9.57. The molecule has 1 saturated carbocycles. The monoisotopic (exact) mass is 396 g/mol. The average molecular weight is 397 g/mol. The summed E-state index contributed by atoms with van der Waals surface area (Å²) in [5, 5.41) is 13.9. The van der Waals surface area contributed by atoms with Crippen LogP contribution in [0.4, 0.5) is 0 Å². The number of aliphatic hydroxyl groups excluding tert-OH is 1. The Bertz CT molecular complexity index is 759. The van der Waals surface area contributed by atoms with E-state index in [9.17, 15) is 14.7 Å². The van der Waals surface area contributed by atoms with Crippen molar-refractivity contribution in [2.75, 3.05) is 13.1 Å². The number of nitrogens with zero attached hydrogens (tertiary/aromatic N) is 1. The number of carbonyl (C=O) groups is 2. The Morgan fingerprint density at radius 1 is 1.35 bits per heavy atom. The van der Waals surface area contributed by atoms with Gasteiger partial charge in [0.05, 0.1) is 22.2 Å². The third-order valence-corrected chi connectivity index (χ3v) is 5.54. The van der Waals surface area contributed by atoms with Crippen LogP contribution in [0.5, 0.6) is 0 Å². The molecule has 0 saturated heterocycles. The first-order valence-electron chi connectivity index (χ1n) is 8.81. The maximum atomic E-state index is 12.4. The first-order chi connectivity index (χ1) is 12.3. The van der Waals surface area contributed by atoms with Crippen LogP contribution < -0.4 is 5.32 Å². The summed E-state index contributed by atoms with van der Waals surface area (Å²) in [6, 6.07) is 5.37. The van der Waals surface area contributed by atoms with Gasteiger partial charge in [-0.25, -0.2) is 0 Å². The van der Waals surface area contributed by atoms with Gasteiger partial charge in [0, 0.05) is 12.6 Å². The van der Waals surface area contributed by atoms with Gasteiger partial charge >= 0.3 is 0 Å². The minimum absolute atomic E-state index is 0.107. The fourth-order valence-corrected chi connectivity index (χ4v) is 3.34. The highest BCUT2D eigenvalue weighted by atomic mass is 35.5. The summed E-state index contributed by atoms with van der Waals surface area (Å²) in [6.45, 7) is 2.70. The molecule has 1 unspecified atom stereocenters. The average Bonchev–Trinajstić information content (AvgIpc) is 3.37. The predicted molar refractivity (Wildman–Crippen MR) is 101 cm³/mol. The molecule has 0 aromatic heterocycles. The van der Waals surface area contributed by atoms with Crippen LogP contribution in [0.1, 0.15) is 31.7 Å². The van der Waals surface area contributed by atoms with Gasteiger partial charge in [0.25, 0.3) is 11.8 Å². The number of rotatable bonds is 7. The van der Waals surface area contributed by atoms with E-state index in [-0.39, 0.29) is 24.1 Å². The second kappa shape index (κ2) is 7.89. The van der Waals surface area contributed by atoms with Crippen molar-refractivity contribution in [1.82, 2.24) is 10.2 Å². The summed E-state index contributed by atoms with van der Waals surface area (Å²) in [7, 11) is 0. The van der Waals surface area contributed by atoms with E-state index in [1.165, 1.54) is 0 Å². The highest BCUT2D eigenvalue weighted by molar-refractivity contribution is 6.42. The van der Waals surface area contributed by atoms with Crippen molar-refractivity contribution < 1.29 is 14.7 Å². The maximum absolute atomic E-state index is 12.4. The van der Waals surface area contributed by atoms with Crippen molar-refractivity contribution in [2.24, 2.45) is 5.92 Å². The fraction of sp³-hybridized carbons (Fsp3) is 0.474. The summed E-state index contributed by atoms with van der Waals surface area (Å²) in [5.74, 6) is -0.722. The van der Waals surface area contributed by atoms with E-state index < -0.39 is 11.7 Å². The molecule has 1 aliphatic heterocycles. The van der Waals surface area contributed by atoms with Crippen LogP contribution in [0.3, 0.4) is 0 Å². The zero-order chi connectivity index (χ0) is 18.8. The normalized spacial score (nSPS) is 18.4. The highest BCUT2D eigenvalue weighted by Gasteiger charge is 2.37. The third-order valence-electron chi connectivity index (χ3n) is 4.80. The second-order valence-electron chi connectivity index (χ2n) is 7.12. The van der Waals surface area contributed by atoms with Gasteiger partial charge in [0.1, 0.15) is 0 Å². The van der Waals surface area contributed by atoms with E-state index in [0.717, 1.165) is 24.8 Å². The molecule has 1 fully saturated rings. The largest absolute Gasteiger partial charge is 0.503 e. The van der Waals surface area contributed by atoms with E-state index >= 15 is 0 Å². The zero-order valence-electron chi connectivity index (χ0n) is 14.6. The van der Waals surface area contributed by atoms with Crippen LogP contribution in [-0.2, 0) is 16.0 Å². The first kappa shape index (κ1) is 19.1. The Balaban J connectivity index is 1.51. The maximum Gasteiger partial charge on any atom is 0.289 e. The molecule has 1 aromatic carbocycles. The number of amides is 2. The Labute approximate surface area is 163 Å². The lowest BCUT2D eigenvalue weighted by atomic mass is 10.1. The van der Waals surface area contributed by atoms with Gasteiger partial charge in [0.2, 0.25) is 0 Å². The molecular weight excluding hydrogens is 375 g/mol. The van der Waals surface area contributed by atoms with Gasteiger partial charge in [0.15, 0.2) is 5.76 Å². The lowest BCUT2D eigenvalue weighted by Gasteiger charge is -2.17. The lowest BCUT2D eigenvalue weighted by Crippen LogP contribution is -2.36. The molecule has 1 atom stereocenters. The molecule has 0 spiro atoms. The number of hydrogen-bond acceptors (Lipinski definition) is 3. The number of hydrogen-bond donors (Lipinski definition) is 2. The summed E-state index contributed by atoms with van der Waals surface area (Å²) in [4.78, 5) is 26.0. The molecule has 2 aliphatic rings. The number of halogens is 2. The van der Waals surface area contributed by atoms with Gasteiger partial charge in [-0.2, -0.15) is 0 Å². The van der Waals surface area contributed by atoms with Gasteiger partial charge in [-0.1, -0.05) is 29.3 Å². The van der Waals surface area contributed by atoms with Crippen LogP contribution in [0.15, 0.2) is 29.5 Å². The van der Waals surface area contributed by atoms with Gasteiger partial charge < -0.3 is 15.3 Å². The Morgan fingerprint density at radius 2 is 2.08 bits per heavy atom. The summed E-state index contributed by atoms with van der Waals surface area (Å²) in [6.07, 6.45) is 3.66. The highest BCUT2D eigenvalue weighted by Crippen LogP contribution is 2.31. The Hall–Kier alpha value is -1.72. The summed E-state index contributed by atoms with van der Waals surface area (Å²) >= 11 is 11.9. The van der Waals surface area contributed by atoms with Gasteiger partial charge in [-0.3, -0.25) is 9.59 Å². The van der Waals surface area contributed by atoms with Crippen molar-refractivity contribution in [3.63, 3.8) is 0 Å². The van der Waals surface area contributed by atoms with Crippen LogP contribution in [0.2, 0.25) is 10.0 Å². The quantitative estimate of drug-likeness (QED) is 0.740. The third kappa shape index (κ3) is 4.51.